The summed E-state index contributed by atoms with van der Waals surface area (Å²) >= 11 is 0. The smallest absolute Gasteiger partial charge is 0.387 e. The van der Waals surface area contributed by atoms with Crippen molar-refractivity contribution < 1.29 is 23.6 Å². The minimum absolute atomic E-state index is 0.188. The topological polar surface area (TPSA) is 88.9 Å². The van der Waals surface area contributed by atoms with Gasteiger partial charge in [0, 0.05) is 6.20 Å². The third kappa shape index (κ3) is 8.33. The fourth-order valence-electron chi connectivity index (χ4n) is 0.987. The normalized spacial score (nSPS) is 12.5. The largest absolute Gasteiger partial charge is 0.472 e. The van der Waals surface area contributed by atoms with E-state index >= 15 is 0 Å². The monoisotopic (exact) mass is 277 g/mol. The number of aromatic nitrogens is 1. The number of aliphatic hydroxyl groups is 1. The van der Waals surface area contributed by atoms with Crippen LogP contribution in [0.25, 0.3) is 0 Å². The van der Waals surface area contributed by atoms with Gasteiger partial charge >= 0.3 is 7.82 Å². The van der Waals surface area contributed by atoms with Gasteiger partial charge in [-0.2, -0.15) is 0 Å². The second kappa shape index (κ2) is 9.19. The maximum absolute atomic E-state index is 10.5. The Morgan fingerprint density at radius 1 is 1.33 bits per heavy atom. The Bertz CT molecular complexity index is 348. The molecule has 1 heterocycles. The van der Waals surface area contributed by atoms with Gasteiger partial charge < -0.3 is 10.00 Å². The summed E-state index contributed by atoms with van der Waals surface area (Å²) in [6.45, 7) is 5.33. The van der Waals surface area contributed by atoms with Gasteiger partial charge in [-0.3, -0.25) is 14.0 Å². The summed E-state index contributed by atoms with van der Waals surface area (Å²) in [6, 6.07) is 5.48. The molecule has 0 fully saturated rings. The van der Waals surface area contributed by atoms with E-state index in [1.165, 1.54) is 0 Å². The van der Waals surface area contributed by atoms with Crippen molar-refractivity contribution in [2.75, 3.05) is 13.2 Å². The van der Waals surface area contributed by atoms with Gasteiger partial charge in [0.15, 0.2) is 0 Å². The minimum atomic E-state index is -3.69. The highest BCUT2D eigenvalue weighted by Crippen LogP contribution is 2.42. The molecule has 18 heavy (non-hydrogen) atoms. The summed E-state index contributed by atoms with van der Waals surface area (Å²) in [5.41, 5.74) is 0.720. The summed E-state index contributed by atoms with van der Waals surface area (Å²) in [6.07, 6.45) is 1.22. The van der Waals surface area contributed by atoms with E-state index in [2.05, 4.69) is 14.0 Å². The van der Waals surface area contributed by atoms with Crippen LogP contribution in [0.1, 0.15) is 32.6 Å². The number of rotatable bonds is 5. The molecule has 0 radical (unpaired) electrons. The number of nitrogens with zero attached hydrogens (tertiary/aromatic N) is 1. The molecule has 0 aliphatic rings. The summed E-state index contributed by atoms with van der Waals surface area (Å²) in [5, 5.41) is 8.96. The van der Waals surface area contributed by atoms with E-state index in [1.54, 1.807) is 33.0 Å². The zero-order chi connectivity index (χ0) is 14.0. The van der Waals surface area contributed by atoms with E-state index < -0.39 is 13.9 Å². The van der Waals surface area contributed by atoms with E-state index in [-0.39, 0.29) is 13.2 Å². The van der Waals surface area contributed by atoms with E-state index in [1.807, 2.05) is 12.1 Å². The highest BCUT2D eigenvalue weighted by Gasteiger charge is 2.17. The number of aliphatic hydroxyl groups excluding tert-OH is 1. The molecule has 0 amide bonds. The number of phosphoric ester groups is 1. The first-order valence-electron chi connectivity index (χ1n) is 5.63. The van der Waals surface area contributed by atoms with Crippen molar-refractivity contribution in [2.24, 2.45) is 0 Å². The van der Waals surface area contributed by atoms with Crippen molar-refractivity contribution in [3.05, 3.63) is 30.1 Å². The van der Waals surface area contributed by atoms with Crippen LogP contribution in [0.2, 0.25) is 0 Å². The highest BCUT2D eigenvalue weighted by molar-refractivity contribution is 7.47. The summed E-state index contributed by atoms with van der Waals surface area (Å²) < 4.78 is 19.2. The first-order valence-corrected chi connectivity index (χ1v) is 7.13. The standard InChI is InChI=1S/C7H9NO.C4H11O4P/c1-6(9)7-4-2-3-5-8-7;1-3-7-9(5,6)8-4-2/h2-6,9H,1H3;3-4H2,1-2H3,(H,5,6). The van der Waals surface area contributed by atoms with Gasteiger partial charge in [0.25, 0.3) is 0 Å². The Morgan fingerprint density at radius 3 is 2.17 bits per heavy atom. The van der Waals surface area contributed by atoms with Gasteiger partial charge in [0.05, 0.1) is 25.0 Å². The Morgan fingerprint density at radius 2 is 1.89 bits per heavy atom. The molecule has 1 atom stereocenters. The van der Waals surface area contributed by atoms with Crippen LogP contribution in [0.3, 0.4) is 0 Å². The molecular formula is C11H20NO5P. The molecule has 1 aromatic rings. The second-order valence-electron chi connectivity index (χ2n) is 3.23. The molecule has 2 N–H and O–H groups in total. The van der Waals surface area contributed by atoms with Crippen molar-refractivity contribution in [1.29, 1.82) is 0 Å². The molecule has 1 unspecified atom stereocenters. The highest BCUT2D eigenvalue weighted by atomic mass is 31.2. The number of phosphoric acid groups is 1. The molecule has 0 spiro atoms. The molecule has 1 aromatic heterocycles. The van der Waals surface area contributed by atoms with Gasteiger partial charge in [0.1, 0.15) is 0 Å². The molecule has 0 aliphatic carbocycles. The maximum atomic E-state index is 10.5. The zero-order valence-electron chi connectivity index (χ0n) is 10.8. The van der Waals surface area contributed by atoms with Crippen LogP contribution in [0.5, 0.6) is 0 Å². The van der Waals surface area contributed by atoms with E-state index in [4.69, 9.17) is 10.00 Å². The van der Waals surface area contributed by atoms with Crippen LogP contribution < -0.4 is 0 Å². The molecule has 0 saturated heterocycles. The maximum Gasteiger partial charge on any atom is 0.472 e. The van der Waals surface area contributed by atoms with Crippen LogP contribution in [0, 0.1) is 0 Å². The lowest BCUT2D eigenvalue weighted by Gasteiger charge is -2.07. The second-order valence-corrected chi connectivity index (χ2v) is 4.69. The van der Waals surface area contributed by atoms with E-state index in [0.717, 1.165) is 5.69 Å². The lowest BCUT2D eigenvalue weighted by atomic mass is 10.2. The molecule has 7 heteroatoms. The summed E-state index contributed by atoms with van der Waals surface area (Å²) in [7, 11) is -3.69. The molecular weight excluding hydrogens is 257 g/mol. The summed E-state index contributed by atoms with van der Waals surface area (Å²) in [5.74, 6) is 0. The van der Waals surface area contributed by atoms with Crippen LogP contribution >= 0.6 is 7.82 Å². The molecule has 6 nitrogen and oxygen atoms in total. The van der Waals surface area contributed by atoms with Gasteiger partial charge in [-0.15, -0.1) is 0 Å². The fourth-order valence-corrected chi connectivity index (χ4v) is 1.71. The predicted molar refractivity (Wildman–Crippen MR) is 67.9 cm³/mol. The number of hydrogen-bond acceptors (Lipinski definition) is 5. The SMILES string of the molecule is CC(O)c1ccccn1.CCOP(=O)(O)OCC. The van der Waals surface area contributed by atoms with Crippen molar-refractivity contribution >= 4 is 7.82 Å². The van der Waals surface area contributed by atoms with Gasteiger partial charge in [0.2, 0.25) is 0 Å². The molecule has 0 saturated carbocycles. The van der Waals surface area contributed by atoms with Crippen LogP contribution in [-0.2, 0) is 13.6 Å². The number of pyridine rings is 1. The Hall–Kier alpha value is -0.780. The Balaban J connectivity index is 0.000000321. The lowest BCUT2D eigenvalue weighted by Crippen LogP contribution is -1.93. The zero-order valence-corrected chi connectivity index (χ0v) is 11.7. The average Bonchev–Trinajstić information content (AvgIpc) is 2.30. The first-order chi connectivity index (χ1) is 8.43. The molecule has 0 aliphatic heterocycles. The van der Waals surface area contributed by atoms with Crippen molar-refractivity contribution in [2.45, 2.75) is 26.9 Å². The molecule has 0 bridgehead atoms. The average molecular weight is 277 g/mol. The molecule has 104 valence electrons. The van der Waals surface area contributed by atoms with Gasteiger partial charge in [-0.05, 0) is 32.9 Å². The van der Waals surface area contributed by atoms with Crippen LogP contribution in [-0.4, -0.2) is 28.2 Å². The van der Waals surface area contributed by atoms with Crippen molar-refractivity contribution in [3.63, 3.8) is 0 Å². The van der Waals surface area contributed by atoms with Crippen molar-refractivity contribution in [1.82, 2.24) is 4.98 Å². The third-order valence-electron chi connectivity index (χ3n) is 1.70. The van der Waals surface area contributed by atoms with Crippen LogP contribution in [0.15, 0.2) is 24.4 Å². The van der Waals surface area contributed by atoms with Gasteiger partial charge in [-0.25, -0.2) is 4.57 Å². The van der Waals surface area contributed by atoms with E-state index in [0.29, 0.717) is 0 Å². The minimum Gasteiger partial charge on any atom is -0.387 e. The summed E-state index contributed by atoms with van der Waals surface area (Å²) in [4.78, 5) is 12.6. The Labute approximate surface area is 107 Å². The van der Waals surface area contributed by atoms with Gasteiger partial charge in [-0.1, -0.05) is 6.07 Å². The van der Waals surface area contributed by atoms with Crippen LogP contribution in [0.4, 0.5) is 0 Å². The Kier molecular flexibility index (Phi) is 8.79. The number of hydrogen-bond donors (Lipinski definition) is 2. The third-order valence-corrected chi connectivity index (χ3v) is 2.87. The molecule has 1 rings (SSSR count). The quantitative estimate of drug-likeness (QED) is 0.803. The first kappa shape index (κ1) is 17.2. The predicted octanol–water partition coefficient (Wildman–Crippen LogP) is 2.29. The van der Waals surface area contributed by atoms with Crippen molar-refractivity contribution in [3.8, 4) is 0 Å². The fraction of sp³-hybridized carbons (Fsp3) is 0.545. The lowest BCUT2D eigenvalue weighted by molar-refractivity contribution is 0.161. The van der Waals surface area contributed by atoms with E-state index in [9.17, 15) is 4.57 Å². The molecule has 0 aromatic carbocycles.